The topological polar surface area (TPSA) is 196 Å². The molecule has 0 bridgehead atoms. The molecule has 282 valence electrons. The van der Waals surface area contributed by atoms with Crippen molar-refractivity contribution in [2.24, 2.45) is 0 Å². The summed E-state index contributed by atoms with van der Waals surface area (Å²) in [6.07, 6.45) is 8.36. The van der Waals surface area contributed by atoms with E-state index in [1.54, 1.807) is 26.6 Å². The highest BCUT2D eigenvalue weighted by Crippen LogP contribution is 2.46. The van der Waals surface area contributed by atoms with E-state index in [-0.39, 0.29) is 0 Å². The second-order valence-electron chi connectivity index (χ2n) is 13.3. The molecule has 0 aliphatic rings. The molecule has 0 atom stereocenters. The summed E-state index contributed by atoms with van der Waals surface area (Å²) in [5.41, 5.74) is 11.0. The van der Waals surface area contributed by atoms with E-state index < -0.39 is 0 Å². The average molecular weight is 764 g/mol. The second kappa shape index (κ2) is 14.4. The van der Waals surface area contributed by atoms with Gasteiger partial charge in [-0.2, -0.15) is 15.3 Å². The van der Waals surface area contributed by atoms with Gasteiger partial charge in [0.2, 0.25) is 0 Å². The third-order valence-corrected chi connectivity index (χ3v) is 9.97. The van der Waals surface area contributed by atoms with Crippen LogP contribution >= 0.6 is 0 Å². The highest BCUT2D eigenvalue weighted by Gasteiger charge is 2.25. The summed E-state index contributed by atoms with van der Waals surface area (Å²) in [7, 11) is 3.30. The fourth-order valence-electron chi connectivity index (χ4n) is 7.28. The van der Waals surface area contributed by atoms with Crippen molar-refractivity contribution in [2.45, 2.75) is 0 Å². The van der Waals surface area contributed by atoms with Gasteiger partial charge in [-0.15, -0.1) is 0 Å². The van der Waals surface area contributed by atoms with Crippen LogP contribution in [0.2, 0.25) is 0 Å². The van der Waals surface area contributed by atoms with E-state index in [9.17, 15) is 0 Å². The van der Waals surface area contributed by atoms with Crippen LogP contribution in [0.4, 0.5) is 23.0 Å². The normalized spacial score (nSPS) is 11.3. The molecule has 6 aromatic heterocycles. The summed E-state index contributed by atoms with van der Waals surface area (Å²) < 4.78 is 12.0. The molecule has 4 aromatic carbocycles. The highest BCUT2D eigenvalue weighted by molar-refractivity contribution is 6.04. The monoisotopic (exact) mass is 763 g/mol. The molecule has 0 spiro atoms. The maximum atomic E-state index is 6.26. The van der Waals surface area contributed by atoms with Crippen LogP contribution in [-0.2, 0) is 0 Å². The number of aromatic nitrogens is 11. The zero-order chi connectivity index (χ0) is 39.0. The molecule has 0 fully saturated rings. The Labute approximate surface area is 330 Å². The van der Waals surface area contributed by atoms with Crippen molar-refractivity contribution in [3.63, 3.8) is 0 Å². The van der Waals surface area contributed by atoms with Gasteiger partial charge < -0.3 is 25.1 Å². The lowest BCUT2D eigenvalue weighted by atomic mass is 9.95. The van der Waals surface area contributed by atoms with Gasteiger partial charge in [-0.25, -0.2) is 19.9 Å². The Kier molecular flexibility index (Phi) is 8.48. The molecular weight excluding hydrogens is 731 g/mol. The van der Waals surface area contributed by atoms with Gasteiger partial charge in [0.25, 0.3) is 0 Å². The first-order valence-electron chi connectivity index (χ1n) is 18.3. The molecule has 0 aliphatic carbocycles. The predicted octanol–water partition coefficient (Wildman–Crippen LogP) is 8.91. The van der Waals surface area contributed by atoms with Crippen molar-refractivity contribution in [3.8, 4) is 67.5 Å². The van der Waals surface area contributed by atoms with Gasteiger partial charge >= 0.3 is 0 Å². The van der Waals surface area contributed by atoms with E-state index in [1.165, 1.54) is 12.7 Å². The van der Waals surface area contributed by atoms with Gasteiger partial charge in [0.15, 0.2) is 11.3 Å². The molecule has 0 amide bonds. The molecule has 15 nitrogen and oxygen atoms in total. The number of nitrogens with one attached hydrogen (secondary N) is 6. The first-order valence-corrected chi connectivity index (χ1v) is 18.3. The maximum Gasteiger partial charge on any atom is 0.161 e. The van der Waals surface area contributed by atoms with Crippen LogP contribution in [-0.4, -0.2) is 69.7 Å². The summed E-state index contributed by atoms with van der Waals surface area (Å²) in [5, 5.41) is 31.0. The molecule has 6 N–H and O–H groups in total. The summed E-state index contributed by atoms with van der Waals surface area (Å²) >= 11 is 0. The Hall–Kier alpha value is -8.33. The molecule has 0 saturated carbocycles. The number of fused-ring (bicyclic) bond motifs is 2. The second-order valence-corrected chi connectivity index (χ2v) is 13.3. The fourth-order valence-corrected chi connectivity index (χ4v) is 7.28. The minimum atomic E-state index is 0.539. The highest BCUT2D eigenvalue weighted by atomic mass is 16.5. The van der Waals surface area contributed by atoms with Crippen molar-refractivity contribution in [3.05, 3.63) is 128 Å². The molecule has 0 saturated heterocycles. The smallest absolute Gasteiger partial charge is 0.161 e. The number of H-pyrrole nitrogens is 4. The minimum Gasteiger partial charge on any atom is -0.495 e. The van der Waals surface area contributed by atoms with Gasteiger partial charge in [0, 0.05) is 29.1 Å². The number of nitrogens with zero attached hydrogens (tertiary/aromatic N) is 7. The molecule has 10 aromatic rings. The van der Waals surface area contributed by atoms with Crippen LogP contribution in [0, 0.1) is 0 Å². The predicted molar refractivity (Wildman–Crippen MR) is 223 cm³/mol. The third-order valence-electron chi connectivity index (χ3n) is 9.97. The van der Waals surface area contributed by atoms with Crippen LogP contribution in [0.1, 0.15) is 0 Å². The van der Waals surface area contributed by atoms with Crippen LogP contribution in [0.5, 0.6) is 11.5 Å². The van der Waals surface area contributed by atoms with Crippen molar-refractivity contribution in [2.75, 3.05) is 24.9 Å². The van der Waals surface area contributed by atoms with Crippen molar-refractivity contribution < 1.29 is 9.47 Å². The number of aromatic amines is 4. The van der Waals surface area contributed by atoms with E-state index in [2.05, 4.69) is 86.4 Å². The van der Waals surface area contributed by atoms with Crippen molar-refractivity contribution in [1.29, 1.82) is 0 Å². The maximum absolute atomic E-state index is 6.26. The number of anilines is 4. The van der Waals surface area contributed by atoms with E-state index in [4.69, 9.17) is 19.6 Å². The zero-order valence-electron chi connectivity index (χ0n) is 31.1. The Morgan fingerprint density at radius 1 is 0.569 bits per heavy atom. The number of methoxy groups -OCH3 is 2. The van der Waals surface area contributed by atoms with Gasteiger partial charge in [-0.1, -0.05) is 66.7 Å². The Morgan fingerprint density at radius 2 is 1.22 bits per heavy atom. The molecule has 15 heteroatoms. The quantitative estimate of drug-likeness (QED) is 0.0736. The lowest BCUT2D eigenvalue weighted by molar-refractivity contribution is 0.417. The summed E-state index contributed by atoms with van der Waals surface area (Å²) in [6.45, 7) is 0. The third kappa shape index (κ3) is 5.99. The van der Waals surface area contributed by atoms with E-state index in [1.807, 2.05) is 72.9 Å². The fraction of sp³-hybridized carbons (Fsp3) is 0.0465. The SMILES string of the molecule is COc1ccc(-c2ccccc2)cc1Nc1ncnc2[nH]nc(-c3[nH]ccc3-c3cc(-c4ccccc4)cc(Nc4ncnc5[nH]nc(-c6cn[nH]c6)c45)c3OC)c12. The molecule has 0 unspecified atom stereocenters. The number of benzene rings is 4. The van der Waals surface area contributed by atoms with Crippen LogP contribution in [0.3, 0.4) is 0 Å². The lowest BCUT2D eigenvalue weighted by Crippen LogP contribution is -2.01. The van der Waals surface area contributed by atoms with E-state index in [0.29, 0.717) is 62.3 Å². The largest absolute Gasteiger partial charge is 0.495 e. The Balaban J connectivity index is 1.11. The molecule has 0 radical (unpaired) electrons. The average Bonchev–Trinajstić information content (AvgIpc) is 4.12. The van der Waals surface area contributed by atoms with Crippen LogP contribution in [0.15, 0.2) is 128 Å². The number of hydrogen-bond acceptors (Lipinski definition) is 11. The number of rotatable bonds is 11. The molecule has 6 heterocycles. The number of ether oxygens (including phenoxy) is 2. The van der Waals surface area contributed by atoms with Crippen LogP contribution in [0.25, 0.3) is 78.1 Å². The summed E-state index contributed by atoms with van der Waals surface area (Å²) in [4.78, 5) is 21.8. The summed E-state index contributed by atoms with van der Waals surface area (Å²) in [6, 6.07) is 32.5. The molecule has 58 heavy (non-hydrogen) atoms. The van der Waals surface area contributed by atoms with Crippen molar-refractivity contribution >= 4 is 45.1 Å². The first-order chi connectivity index (χ1) is 28.7. The van der Waals surface area contributed by atoms with Crippen molar-refractivity contribution in [1.82, 2.24) is 55.5 Å². The lowest BCUT2D eigenvalue weighted by Gasteiger charge is -2.18. The van der Waals surface area contributed by atoms with Gasteiger partial charge in [-0.05, 0) is 52.6 Å². The van der Waals surface area contributed by atoms with Crippen LogP contribution < -0.4 is 20.1 Å². The van der Waals surface area contributed by atoms with Gasteiger partial charge in [0.1, 0.15) is 47.2 Å². The van der Waals surface area contributed by atoms with E-state index in [0.717, 1.165) is 50.3 Å². The standard InChI is InChI=1S/C43H33N13O2/c1-57-33-14-13-26(24-9-5-3-6-10-24)18-31(33)51-41-35-38(54-56-43(35)48-23-46-41)37-29(15-16-44-37)30-17-27(25-11-7-4-8-12-25)19-32(39(30)58-2)52-40-34-36(28-20-49-50-21-28)53-55-42(34)47-22-45-40/h3-23,44H,1-2H3,(H,49,50)(H2,45,47,52,53,55)(H2,46,48,51,54,56). The molecular formula is C43H33N13O2. The Bertz CT molecular complexity index is 3050. The molecule has 10 rings (SSSR count). The van der Waals surface area contributed by atoms with Gasteiger partial charge in [0.05, 0.1) is 48.3 Å². The Morgan fingerprint density at radius 3 is 1.90 bits per heavy atom. The number of hydrogen-bond donors (Lipinski definition) is 6. The van der Waals surface area contributed by atoms with Gasteiger partial charge in [-0.3, -0.25) is 15.3 Å². The minimum absolute atomic E-state index is 0.539. The first kappa shape index (κ1) is 34.2. The summed E-state index contributed by atoms with van der Waals surface area (Å²) in [5.74, 6) is 2.33. The van der Waals surface area contributed by atoms with E-state index >= 15 is 0 Å². The molecule has 0 aliphatic heterocycles. The zero-order valence-corrected chi connectivity index (χ0v) is 31.1.